The van der Waals surface area contributed by atoms with E-state index in [9.17, 15) is 9.59 Å². The summed E-state index contributed by atoms with van der Waals surface area (Å²) in [6.07, 6.45) is -0.415. The Morgan fingerprint density at radius 1 is 0.889 bits per heavy atom. The number of benzene rings is 1. The molecule has 4 amide bonds. The van der Waals surface area contributed by atoms with Gasteiger partial charge in [-0.1, -0.05) is 0 Å². The Labute approximate surface area is 158 Å². The number of urea groups is 2. The van der Waals surface area contributed by atoms with E-state index in [1.807, 2.05) is 19.1 Å². The average Bonchev–Trinajstić information content (AvgIpc) is 2.66. The molecule has 0 aromatic heterocycles. The van der Waals surface area contributed by atoms with Gasteiger partial charge in [-0.05, 0) is 24.6 Å². The van der Waals surface area contributed by atoms with Crippen LogP contribution in [0.5, 0.6) is 17.2 Å². The minimum atomic E-state index is -0.415. The average molecular weight is 378 g/mol. The van der Waals surface area contributed by atoms with E-state index in [1.54, 1.807) is 40.3 Å². The minimum Gasteiger partial charge on any atom is -0.493 e. The van der Waals surface area contributed by atoms with Gasteiger partial charge in [0.2, 0.25) is 5.75 Å². The van der Waals surface area contributed by atoms with Gasteiger partial charge in [0.05, 0.1) is 27.4 Å². The standard InChI is InChI=1S/C18H26N4O5/c1-9-13-14(10-7-11(25-4)15(27-6)12(8-10)26-5)21(2)18(24)20-16(13)22(3)17(23)19-9/h7-9,13-14,16H,1-6H3,(H,19,23)(H,20,24)/t9-,13-,14+,16+/m1/s1. The summed E-state index contributed by atoms with van der Waals surface area (Å²) < 4.78 is 16.3. The number of nitrogens with one attached hydrogen (secondary N) is 2. The number of carbonyl (C=O) groups is 2. The second-order valence-corrected chi connectivity index (χ2v) is 6.84. The first-order chi connectivity index (χ1) is 12.8. The Morgan fingerprint density at radius 2 is 1.44 bits per heavy atom. The zero-order chi connectivity index (χ0) is 19.9. The molecule has 0 radical (unpaired) electrons. The zero-order valence-electron chi connectivity index (χ0n) is 16.4. The van der Waals surface area contributed by atoms with Crippen LogP contribution in [0.1, 0.15) is 18.5 Å². The molecule has 9 nitrogen and oxygen atoms in total. The highest BCUT2D eigenvalue weighted by atomic mass is 16.5. The van der Waals surface area contributed by atoms with Crippen LogP contribution >= 0.6 is 0 Å². The maximum Gasteiger partial charge on any atom is 0.319 e. The number of carbonyl (C=O) groups excluding carboxylic acids is 2. The van der Waals surface area contributed by atoms with Crippen molar-refractivity contribution in [1.29, 1.82) is 0 Å². The number of methoxy groups -OCH3 is 3. The van der Waals surface area contributed by atoms with Gasteiger partial charge in [-0.3, -0.25) is 0 Å². The molecule has 0 saturated carbocycles. The van der Waals surface area contributed by atoms with Crippen LogP contribution in [0.15, 0.2) is 12.1 Å². The topological polar surface area (TPSA) is 92.4 Å². The van der Waals surface area contributed by atoms with Crippen LogP contribution in [-0.2, 0) is 0 Å². The first-order valence-corrected chi connectivity index (χ1v) is 8.70. The number of fused-ring (bicyclic) bond motifs is 1. The van der Waals surface area contributed by atoms with E-state index in [0.717, 1.165) is 5.56 Å². The molecule has 2 saturated heterocycles. The summed E-state index contributed by atoms with van der Waals surface area (Å²) in [5.74, 6) is 1.44. The normalized spacial score (nSPS) is 27.5. The molecule has 1 aromatic carbocycles. The monoisotopic (exact) mass is 378 g/mol. The molecule has 3 rings (SSSR count). The molecule has 0 aliphatic carbocycles. The lowest BCUT2D eigenvalue weighted by Gasteiger charge is -2.52. The highest BCUT2D eigenvalue weighted by molar-refractivity contribution is 5.80. The Bertz CT molecular complexity index is 730. The largest absolute Gasteiger partial charge is 0.493 e. The van der Waals surface area contributed by atoms with Crippen molar-refractivity contribution >= 4 is 12.1 Å². The molecule has 9 heteroatoms. The molecule has 2 aliphatic heterocycles. The summed E-state index contributed by atoms with van der Waals surface area (Å²) in [5.41, 5.74) is 0.841. The van der Waals surface area contributed by atoms with Crippen LogP contribution < -0.4 is 24.8 Å². The third-order valence-corrected chi connectivity index (χ3v) is 5.43. The van der Waals surface area contributed by atoms with Gasteiger partial charge in [0.25, 0.3) is 0 Å². The van der Waals surface area contributed by atoms with E-state index < -0.39 is 6.17 Å². The third kappa shape index (κ3) is 2.96. The van der Waals surface area contributed by atoms with Gasteiger partial charge >= 0.3 is 12.1 Å². The fraction of sp³-hybridized carbons (Fsp3) is 0.556. The zero-order valence-corrected chi connectivity index (χ0v) is 16.4. The number of hydrogen-bond donors (Lipinski definition) is 2. The molecular weight excluding hydrogens is 352 g/mol. The maximum atomic E-state index is 12.6. The lowest BCUT2D eigenvalue weighted by Crippen LogP contribution is -2.71. The Balaban J connectivity index is 2.12. The van der Waals surface area contributed by atoms with Crippen LogP contribution in [0, 0.1) is 5.92 Å². The molecule has 0 unspecified atom stereocenters. The second kappa shape index (κ2) is 7.05. The number of hydrogen-bond acceptors (Lipinski definition) is 5. The van der Waals surface area contributed by atoms with Crippen LogP contribution in [0.4, 0.5) is 9.59 Å². The van der Waals surface area contributed by atoms with E-state index in [0.29, 0.717) is 17.2 Å². The predicted molar refractivity (Wildman–Crippen MR) is 98.2 cm³/mol. The van der Waals surface area contributed by atoms with Crippen LogP contribution in [-0.4, -0.2) is 69.5 Å². The fourth-order valence-electron chi connectivity index (χ4n) is 4.02. The maximum absolute atomic E-state index is 12.6. The molecule has 2 aliphatic rings. The van der Waals surface area contributed by atoms with E-state index in [2.05, 4.69) is 10.6 Å². The molecule has 148 valence electrons. The lowest BCUT2D eigenvalue weighted by molar-refractivity contribution is 0.0247. The molecule has 0 bridgehead atoms. The van der Waals surface area contributed by atoms with Crippen LogP contribution in [0.3, 0.4) is 0 Å². The van der Waals surface area contributed by atoms with E-state index in [1.165, 1.54) is 4.90 Å². The summed E-state index contributed by atoms with van der Waals surface area (Å²) in [4.78, 5) is 27.9. The molecule has 0 spiro atoms. The van der Waals surface area contributed by atoms with Gasteiger partial charge in [0.1, 0.15) is 6.17 Å². The first kappa shape index (κ1) is 18.9. The molecular formula is C18H26N4O5. The number of ether oxygens (including phenoxy) is 3. The third-order valence-electron chi connectivity index (χ3n) is 5.43. The highest BCUT2D eigenvalue weighted by Crippen LogP contribution is 2.45. The van der Waals surface area contributed by atoms with E-state index in [4.69, 9.17) is 14.2 Å². The smallest absolute Gasteiger partial charge is 0.319 e. The van der Waals surface area contributed by atoms with Crippen molar-refractivity contribution in [3.05, 3.63) is 17.7 Å². The molecule has 1 aromatic rings. The summed E-state index contributed by atoms with van der Waals surface area (Å²) in [6, 6.07) is 2.80. The SMILES string of the molecule is COc1cc([C@H]2[C@@H]3[C@@H](NC(=O)N2C)N(C)C(=O)N[C@@H]3C)cc(OC)c1OC. The number of nitrogens with zero attached hydrogens (tertiary/aromatic N) is 2. The molecule has 2 fully saturated rings. The lowest BCUT2D eigenvalue weighted by atomic mass is 9.81. The molecule has 27 heavy (non-hydrogen) atoms. The first-order valence-electron chi connectivity index (χ1n) is 8.70. The summed E-state index contributed by atoms with van der Waals surface area (Å²) in [7, 11) is 8.07. The van der Waals surface area contributed by atoms with Crippen molar-refractivity contribution in [2.75, 3.05) is 35.4 Å². The van der Waals surface area contributed by atoms with Gasteiger partial charge in [-0.15, -0.1) is 0 Å². The molecule has 4 atom stereocenters. The molecule has 2 N–H and O–H groups in total. The van der Waals surface area contributed by atoms with Crippen LogP contribution in [0.25, 0.3) is 0 Å². The summed E-state index contributed by atoms with van der Waals surface area (Å²) in [6.45, 7) is 1.94. The fourth-order valence-corrected chi connectivity index (χ4v) is 4.02. The van der Waals surface area contributed by atoms with Crippen molar-refractivity contribution in [3.63, 3.8) is 0 Å². The van der Waals surface area contributed by atoms with E-state index in [-0.39, 0.29) is 30.1 Å². The van der Waals surface area contributed by atoms with Crippen molar-refractivity contribution in [1.82, 2.24) is 20.4 Å². The van der Waals surface area contributed by atoms with Crippen molar-refractivity contribution in [3.8, 4) is 17.2 Å². The van der Waals surface area contributed by atoms with Gasteiger partial charge in [-0.25, -0.2) is 9.59 Å². The number of rotatable bonds is 4. The highest BCUT2D eigenvalue weighted by Gasteiger charge is 2.49. The Hall–Kier alpha value is -2.84. The van der Waals surface area contributed by atoms with Gasteiger partial charge < -0.3 is 34.6 Å². The van der Waals surface area contributed by atoms with Gasteiger partial charge in [0, 0.05) is 26.1 Å². The summed E-state index contributed by atoms with van der Waals surface area (Å²) in [5, 5.41) is 5.89. The minimum absolute atomic E-state index is 0.0850. The van der Waals surface area contributed by atoms with Crippen molar-refractivity contribution in [2.45, 2.75) is 25.2 Å². The predicted octanol–water partition coefficient (Wildman–Crippen LogP) is 1.39. The Kier molecular flexibility index (Phi) is 4.95. The van der Waals surface area contributed by atoms with Crippen molar-refractivity contribution in [2.24, 2.45) is 5.92 Å². The van der Waals surface area contributed by atoms with E-state index >= 15 is 0 Å². The second-order valence-electron chi connectivity index (χ2n) is 6.84. The van der Waals surface area contributed by atoms with Crippen LogP contribution in [0.2, 0.25) is 0 Å². The van der Waals surface area contributed by atoms with Crippen molar-refractivity contribution < 1.29 is 23.8 Å². The Morgan fingerprint density at radius 3 is 1.96 bits per heavy atom. The summed E-state index contributed by atoms with van der Waals surface area (Å²) >= 11 is 0. The quantitative estimate of drug-likeness (QED) is 0.826. The van der Waals surface area contributed by atoms with Gasteiger partial charge in [-0.2, -0.15) is 0 Å². The molecule has 2 heterocycles. The van der Waals surface area contributed by atoms with Gasteiger partial charge in [0.15, 0.2) is 11.5 Å². The number of amides is 4.